The molecule has 0 aromatic carbocycles. The van der Waals surface area contributed by atoms with E-state index >= 15 is 0 Å². The van der Waals surface area contributed by atoms with Crippen LogP contribution in [-0.2, 0) is 19.0 Å². The first kappa shape index (κ1) is 20.6. The molecule has 1 unspecified atom stereocenters. The quantitative estimate of drug-likeness (QED) is 0.442. The van der Waals surface area contributed by atoms with Gasteiger partial charge in [0, 0.05) is 33.4 Å². The van der Waals surface area contributed by atoms with Gasteiger partial charge in [0.05, 0.1) is 6.61 Å². The first-order valence-corrected chi connectivity index (χ1v) is 6.69. The molecule has 6 heteroatoms. The second-order valence-electron chi connectivity index (χ2n) is 3.77. The number of aliphatic carboxylic acids is 1. The number of rotatable bonds is 11. The molecule has 0 fully saturated rings. The average Bonchev–Trinajstić information content (AvgIpc) is 2.36. The van der Waals surface area contributed by atoms with Crippen molar-refractivity contribution in [2.45, 2.75) is 46.3 Å². The molecule has 6 nitrogen and oxygen atoms in total. The normalized spacial score (nSPS) is 11.6. The van der Waals surface area contributed by atoms with Crippen molar-refractivity contribution < 1.29 is 29.2 Å². The van der Waals surface area contributed by atoms with Gasteiger partial charge in [-0.1, -0.05) is 6.92 Å². The van der Waals surface area contributed by atoms with Crippen LogP contribution in [0.25, 0.3) is 0 Å². The molecule has 0 aliphatic heterocycles. The number of aliphatic hydroxyl groups is 1. The molecule has 19 heavy (non-hydrogen) atoms. The van der Waals surface area contributed by atoms with Gasteiger partial charge in [-0.05, 0) is 26.2 Å². The summed E-state index contributed by atoms with van der Waals surface area (Å²) in [5, 5.41) is 16.5. The molecule has 0 aromatic rings. The fraction of sp³-hybridized carbons (Fsp3) is 0.923. The van der Waals surface area contributed by atoms with Gasteiger partial charge in [-0.25, -0.2) is 0 Å². The summed E-state index contributed by atoms with van der Waals surface area (Å²) < 4.78 is 15.6. The Balaban J connectivity index is 0. The lowest BCUT2D eigenvalue weighted by Crippen LogP contribution is -2.12. The summed E-state index contributed by atoms with van der Waals surface area (Å²) in [6, 6.07) is 0. The predicted octanol–water partition coefficient (Wildman–Crippen LogP) is 1.66. The van der Waals surface area contributed by atoms with Crippen LogP contribution in [0.15, 0.2) is 0 Å². The lowest BCUT2D eigenvalue weighted by Gasteiger charge is -2.09. The van der Waals surface area contributed by atoms with E-state index in [-0.39, 0.29) is 0 Å². The molecule has 0 aliphatic carbocycles. The van der Waals surface area contributed by atoms with Gasteiger partial charge in [0.1, 0.15) is 0 Å². The van der Waals surface area contributed by atoms with Gasteiger partial charge in [0.15, 0.2) is 6.29 Å². The first-order chi connectivity index (χ1) is 9.04. The van der Waals surface area contributed by atoms with Gasteiger partial charge in [0.2, 0.25) is 0 Å². The van der Waals surface area contributed by atoms with Crippen LogP contribution in [0.2, 0.25) is 0 Å². The van der Waals surface area contributed by atoms with E-state index in [2.05, 4.69) is 0 Å². The fourth-order valence-electron chi connectivity index (χ4n) is 1.01. The van der Waals surface area contributed by atoms with Gasteiger partial charge in [-0.15, -0.1) is 0 Å². The highest BCUT2D eigenvalue weighted by atomic mass is 16.6. The van der Waals surface area contributed by atoms with Gasteiger partial charge in [0.25, 0.3) is 5.97 Å². The Morgan fingerprint density at radius 2 is 1.53 bits per heavy atom. The third-order valence-corrected chi connectivity index (χ3v) is 1.87. The van der Waals surface area contributed by atoms with Crippen molar-refractivity contribution in [3.05, 3.63) is 0 Å². The minimum Gasteiger partial charge on any atom is -0.481 e. The van der Waals surface area contributed by atoms with Crippen LogP contribution < -0.4 is 0 Å². The van der Waals surface area contributed by atoms with Crippen LogP contribution in [0.5, 0.6) is 0 Å². The molecule has 0 amide bonds. The molecule has 0 aromatic heterocycles. The lowest BCUT2D eigenvalue weighted by atomic mass is 10.4. The zero-order valence-electron chi connectivity index (χ0n) is 12.3. The predicted molar refractivity (Wildman–Crippen MR) is 72.1 cm³/mol. The molecule has 116 valence electrons. The number of carbonyl (C=O) groups is 1. The van der Waals surface area contributed by atoms with Crippen molar-refractivity contribution in [3.63, 3.8) is 0 Å². The molecule has 0 aliphatic rings. The van der Waals surface area contributed by atoms with Crippen LogP contribution in [0, 0.1) is 0 Å². The third-order valence-electron chi connectivity index (χ3n) is 1.87. The van der Waals surface area contributed by atoms with Gasteiger partial charge in [-0.2, -0.15) is 0 Å². The first-order valence-electron chi connectivity index (χ1n) is 6.69. The molecule has 1 atom stereocenters. The Morgan fingerprint density at radius 1 is 1.05 bits per heavy atom. The van der Waals surface area contributed by atoms with Crippen molar-refractivity contribution in [2.75, 3.05) is 33.0 Å². The van der Waals surface area contributed by atoms with Crippen LogP contribution in [0.4, 0.5) is 0 Å². The molecule has 2 N–H and O–H groups in total. The highest BCUT2D eigenvalue weighted by molar-refractivity contribution is 5.62. The van der Waals surface area contributed by atoms with Crippen molar-refractivity contribution in [1.82, 2.24) is 0 Å². The average molecular weight is 280 g/mol. The molecule has 0 radical (unpaired) electrons. The number of carboxylic acids is 1. The van der Waals surface area contributed by atoms with E-state index in [1.54, 1.807) is 0 Å². The minimum atomic E-state index is -0.833. The zero-order chi connectivity index (χ0) is 14.9. The van der Waals surface area contributed by atoms with E-state index in [1.807, 2.05) is 13.8 Å². The fourth-order valence-corrected chi connectivity index (χ4v) is 1.01. The monoisotopic (exact) mass is 280 g/mol. The summed E-state index contributed by atoms with van der Waals surface area (Å²) in [6.45, 7) is 8.45. The molecular formula is C13H28O6. The largest absolute Gasteiger partial charge is 0.481 e. The number of hydrogen-bond donors (Lipinski definition) is 2. The van der Waals surface area contributed by atoms with E-state index in [0.717, 1.165) is 39.6 Å². The van der Waals surface area contributed by atoms with E-state index in [1.165, 1.54) is 0 Å². The van der Waals surface area contributed by atoms with Crippen LogP contribution in [0.3, 0.4) is 0 Å². The summed E-state index contributed by atoms with van der Waals surface area (Å²) in [5.74, 6) is -0.833. The SMILES string of the molecule is CC(=O)O.CCOCCCOCCCOC(O)CC. The maximum atomic E-state index is 9.08. The Hall–Kier alpha value is -0.690. The molecule has 0 bridgehead atoms. The van der Waals surface area contributed by atoms with Gasteiger partial charge in [-0.3, -0.25) is 4.79 Å². The van der Waals surface area contributed by atoms with Crippen LogP contribution in [-0.4, -0.2) is 55.5 Å². The molecule has 0 heterocycles. The maximum absolute atomic E-state index is 9.08. The molecule has 0 saturated heterocycles. The number of carboxylic acid groups (broad SMARTS) is 1. The zero-order valence-corrected chi connectivity index (χ0v) is 12.3. The molecular weight excluding hydrogens is 252 g/mol. The Kier molecular flexibility index (Phi) is 18.8. The third kappa shape index (κ3) is 26.8. The van der Waals surface area contributed by atoms with E-state index in [4.69, 9.17) is 29.2 Å². The molecule has 0 spiro atoms. The maximum Gasteiger partial charge on any atom is 0.300 e. The standard InChI is InChI=1S/C11H24O4.C2H4O2/c1-3-11(12)15-10-6-9-14-8-5-7-13-4-2;1-2(3)4/h11-12H,3-10H2,1-2H3;1H3,(H,3,4). The van der Waals surface area contributed by atoms with Crippen molar-refractivity contribution in [3.8, 4) is 0 Å². The van der Waals surface area contributed by atoms with E-state index in [9.17, 15) is 0 Å². The lowest BCUT2D eigenvalue weighted by molar-refractivity contribution is -0.134. The van der Waals surface area contributed by atoms with Crippen molar-refractivity contribution in [2.24, 2.45) is 0 Å². The highest BCUT2D eigenvalue weighted by Gasteiger charge is 1.98. The summed E-state index contributed by atoms with van der Waals surface area (Å²) >= 11 is 0. The summed E-state index contributed by atoms with van der Waals surface area (Å²) in [5.41, 5.74) is 0. The Labute approximate surface area is 115 Å². The highest BCUT2D eigenvalue weighted by Crippen LogP contribution is 1.94. The summed E-state index contributed by atoms with van der Waals surface area (Å²) in [6.07, 6.45) is 1.77. The van der Waals surface area contributed by atoms with E-state index in [0.29, 0.717) is 19.6 Å². The summed E-state index contributed by atoms with van der Waals surface area (Å²) in [4.78, 5) is 9.00. The van der Waals surface area contributed by atoms with E-state index < -0.39 is 12.3 Å². The molecule has 0 saturated carbocycles. The number of hydrogen-bond acceptors (Lipinski definition) is 5. The smallest absolute Gasteiger partial charge is 0.300 e. The van der Waals surface area contributed by atoms with Gasteiger partial charge >= 0.3 is 0 Å². The number of aliphatic hydroxyl groups excluding tert-OH is 1. The Morgan fingerprint density at radius 3 is 2.00 bits per heavy atom. The second-order valence-corrected chi connectivity index (χ2v) is 3.77. The van der Waals surface area contributed by atoms with Gasteiger partial charge < -0.3 is 24.4 Å². The van der Waals surface area contributed by atoms with Crippen LogP contribution in [0.1, 0.15) is 40.0 Å². The minimum absolute atomic E-state index is 0.556. The Bertz CT molecular complexity index is 182. The molecule has 0 rings (SSSR count). The number of ether oxygens (including phenoxy) is 3. The van der Waals surface area contributed by atoms with Crippen molar-refractivity contribution in [1.29, 1.82) is 0 Å². The van der Waals surface area contributed by atoms with Crippen LogP contribution >= 0.6 is 0 Å². The second kappa shape index (κ2) is 17.3. The topological polar surface area (TPSA) is 85.2 Å². The van der Waals surface area contributed by atoms with Crippen molar-refractivity contribution >= 4 is 5.97 Å². The summed E-state index contributed by atoms with van der Waals surface area (Å²) in [7, 11) is 0.